The number of piperidine rings is 1. The number of hydrogen-bond donors (Lipinski definition) is 1. The molecule has 0 spiro atoms. The Labute approximate surface area is 129 Å². The number of aliphatic hydroxyl groups is 1. The van der Waals surface area contributed by atoms with Crippen LogP contribution in [0.1, 0.15) is 24.0 Å². The van der Waals surface area contributed by atoms with Gasteiger partial charge in [-0.1, -0.05) is 36.4 Å². The predicted octanol–water partition coefficient (Wildman–Crippen LogP) is 3.45. The Balaban J connectivity index is 1.66. The maximum absolute atomic E-state index is 13.4. The van der Waals surface area contributed by atoms with Gasteiger partial charge in [0.25, 0.3) is 0 Å². The predicted molar refractivity (Wildman–Crippen MR) is 81.2 cm³/mol. The van der Waals surface area contributed by atoms with Crippen LogP contribution in [0.3, 0.4) is 0 Å². The largest absolute Gasteiger partial charge is 0.385 e. The highest BCUT2D eigenvalue weighted by Gasteiger charge is 2.34. The van der Waals surface area contributed by atoms with E-state index in [4.69, 9.17) is 0 Å². The zero-order chi connectivity index (χ0) is 15.6. The highest BCUT2D eigenvalue weighted by atomic mass is 19.2. The zero-order valence-corrected chi connectivity index (χ0v) is 12.3. The molecule has 1 saturated heterocycles. The van der Waals surface area contributed by atoms with Gasteiger partial charge in [-0.2, -0.15) is 0 Å². The van der Waals surface area contributed by atoms with E-state index >= 15 is 0 Å². The van der Waals surface area contributed by atoms with Crippen molar-refractivity contribution < 1.29 is 13.9 Å². The van der Waals surface area contributed by atoms with Crippen LogP contribution in [0.25, 0.3) is 0 Å². The van der Waals surface area contributed by atoms with Crippen LogP contribution >= 0.6 is 0 Å². The number of hydrogen-bond acceptors (Lipinski definition) is 2. The van der Waals surface area contributed by atoms with Crippen LogP contribution in [-0.4, -0.2) is 23.1 Å². The Kier molecular flexibility index (Phi) is 4.23. The van der Waals surface area contributed by atoms with E-state index in [1.54, 1.807) is 0 Å². The van der Waals surface area contributed by atoms with Crippen LogP contribution in [0.2, 0.25) is 0 Å². The Morgan fingerprint density at radius 1 is 0.955 bits per heavy atom. The van der Waals surface area contributed by atoms with Gasteiger partial charge in [-0.15, -0.1) is 0 Å². The minimum Gasteiger partial charge on any atom is -0.385 e. The number of halogens is 2. The summed E-state index contributed by atoms with van der Waals surface area (Å²) >= 11 is 0. The van der Waals surface area contributed by atoms with Crippen LogP contribution in [0.5, 0.6) is 0 Å². The summed E-state index contributed by atoms with van der Waals surface area (Å²) in [5, 5.41) is 10.7. The van der Waals surface area contributed by atoms with E-state index in [-0.39, 0.29) is 0 Å². The topological polar surface area (TPSA) is 23.5 Å². The van der Waals surface area contributed by atoms with Crippen molar-refractivity contribution in [1.82, 2.24) is 4.90 Å². The van der Waals surface area contributed by atoms with Crippen molar-refractivity contribution in [2.45, 2.75) is 25.0 Å². The third-order valence-corrected chi connectivity index (χ3v) is 4.39. The maximum Gasteiger partial charge on any atom is 0.159 e. The summed E-state index contributed by atoms with van der Waals surface area (Å²) in [5.41, 5.74) is 0.633. The molecule has 0 aliphatic carbocycles. The van der Waals surface area contributed by atoms with Gasteiger partial charge in [0.2, 0.25) is 0 Å². The number of benzene rings is 2. The fraction of sp³-hybridized carbons (Fsp3) is 0.333. The summed E-state index contributed by atoms with van der Waals surface area (Å²) in [5.74, 6) is -1.79. The van der Waals surface area contributed by atoms with Crippen molar-refractivity contribution in [3.63, 3.8) is 0 Å². The van der Waals surface area contributed by atoms with Crippen molar-refractivity contribution in [3.05, 3.63) is 71.3 Å². The second kappa shape index (κ2) is 6.15. The number of likely N-dealkylation sites (tertiary alicyclic amines) is 1. The lowest BCUT2D eigenvalue weighted by molar-refractivity contribution is -0.0280. The molecule has 0 saturated carbocycles. The molecule has 0 atom stereocenters. The van der Waals surface area contributed by atoms with E-state index in [1.165, 1.54) is 11.6 Å². The summed E-state index contributed by atoms with van der Waals surface area (Å²) in [4.78, 5) is 2.27. The van der Waals surface area contributed by atoms with Gasteiger partial charge in [-0.25, -0.2) is 8.78 Å². The molecular weight excluding hydrogens is 284 g/mol. The van der Waals surface area contributed by atoms with Crippen LogP contribution in [0, 0.1) is 11.6 Å². The summed E-state index contributed by atoms with van der Waals surface area (Å²) < 4.78 is 26.4. The lowest BCUT2D eigenvalue weighted by Gasteiger charge is -2.38. The van der Waals surface area contributed by atoms with Gasteiger partial charge in [0, 0.05) is 19.6 Å². The molecule has 0 amide bonds. The smallest absolute Gasteiger partial charge is 0.159 e. The molecule has 4 heteroatoms. The van der Waals surface area contributed by atoms with Gasteiger partial charge in [-0.3, -0.25) is 4.90 Å². The highest BCUT2D eigenvalue weighted by Crippen LogP contribution is 2.33. The van der Waals surface area contributed by atoms with Crippen molar-refractivity contribution in [2.24, 2.45) is 0 Å². The van der Waals surface area contributed by atoms with Crippen LogP contribution in [0.15, 0.2) is 48.5 Å². The second-order valence-corrected chi connectivity index (χ2v) is 5.92. The van der Waals surface area contributed by atoms with Gasteiger partial charge in [0.05, 0.1) is 5.60 Å². The summed E-state index contributed by atoms with van der Waals surface area (Å²) in [6.07, 6.45) is 1.04. The average molecular weight is 303 g/mol. The van der Waals surface area contributed by atoms with Crippen molar-refractivity contribution >= 4 is 0 Å². The third kappa shape index (κ3) is 3.18. The van der Waals surface area contributed by atoms with Gasteiger partial charge in [0.15, 0.2) is 11.6 Å². The Hall–Kier alpha value is -1.78. The summed E-state index contributed by atoms with van der Waals surface area (Å²) in [6, 6.07) is 13.8. The number of nitrogens with zero attached hydrogens (tertiary/aromatic N) is 1. The third-order valence-electron chi connectivity index (χ3n) is 4.39. The van der Waals surface area contributed by atoms with E-state index in [1.807, 2.05) is 18.2 Å². The van der Waals surface area contributed by atoms with Gasteiger partial charge < -0.3 is 5.11 Å². The first-order chi connectivity index (χ1) is 10.6. The molecule has 1 fully saturated rings. The second-order valence-electron chi connectivity index (χ2n) is 5.92. The van der Waals surface area contributed by atoms with Crippen molar-refractivity contribution in [2.75, 3.05) is 13.1 Å². The molecule has 1 aliphatic heterocycles. The lowest BCUT2D eigenvalue weighted by atomic mass is 9.84. The van der Waals surface area contributed by atoms with Gasteiger partial charge in [0.1, 0.15) is 0 Å². The molecule has 0 bridgehead atoms. The van der Waals surface area contributed by atoms with Gasteiger partial charge in [-0.05, 0) is 36.1 Å². The standard InChI is InChI=1S/C18H19F2NO/c19-16-7-6-15(12-17(16)20)18(22)8-10-21(11-9-18)13-14-4-2-1-3-5-14/h1-7,12,22H,8-11,13H2. The van der Waals surface area contributed by atoms with E-state index in [0.29, 0.717) is 18.4 Å². The molecule has 3 rings (SSSR count). The Morgan fingerprint density at radius 3 is 2.27 bits per heavy atom. The molecule has 1 aliphatic rings. The summed E-state index contributed by atoms with van der Waals surface area (Å²) in [7, 11) is 0. The molecule has 2 aromatic carbocycles. The number of rotatable bonds is 3. The molecule has 0 radical (unpaired) electrons. The zero-order valence-electron chi connectivity index (χ0n) is 12.3. The van der Waals surface area contributed by atoms with Crippen LogP contribution in [-0.2, 0) is 12.1 Å². The fourth-order valence-corrected chi connectivity index (χ4v) is 3.00. The van der Waals surface area contributed by atoms with Gasteiger partial charge >= 0.3 is 0 Å². The maximum atomic E-state index is 13.4. The first kappa shape index (κ1) is 15.1. The molecule has 22 heavy (non-hydrogen) atoms. The fourth-order valence-electron chi connectivity index (χ4n) is 3.00. The van der Waals surface area contributed by atoms with Crippen LogP contribution < -0.4 is 0 Å². The Morgan fingerprint density at radius 2 is 1.64 bits per heavy atom. The summed E-state index contributed by atoms with van der Waals surface area (Å²) in [6.45, 7) is 2.30. The highest BCUT2D eigenvalue weighted by molar-refractivity contribution is 5.25. The molecule has 0 unspecified atom stereocenters. The first-order valence-electron chi connectivity index (χ1n) is 7.51. The Bertz CT molecular complexity index is 637. The van der Waals surface area contributed by atoms with Crippen LogP contribution in [0.4, 0.5) is 8.78 Å². The van der Waals surface area contributed by atoms with Crippen molar-refractivity contribution in [3.8, 4) is 0 Å². The molecule has 2 aromatic rings. The molecular formula is C18H19F2NO. The normalized spacial score (nSPS) is 18.3. The van der Waals surface area contributed by atoms with E-state index in [9.17, 15) is 13.9 Å². The monoisotopic (exact) mass is 303 g/mol. The molecule has 1 heterocycles. The van der Waals surface area contributed by atoms with E-state index in [0.717, 1.165) is 31.8 Å². The quantitative estimate of drug-likeness (QED) is 0.939. The van der Waals surface area contributed by atoms with E-state index < -0.39 is 17.2 Å². The average Bonchev–Trinajstić information content (AvgIpc) is 2.53. The molecule has 2 nitrogen and oxygen atoms in total. The first-order valence-corrected chi connectivity index (χ1v) is 7.51. The minimum atomic E-state index is -1.07. The minimum absolute atomic E-state index is 0.464. The SMILES string of the molecule is OC1(c2ccc(F)c(F)c2)CCN(Cc2ccccc2)CC1. The molecule has 116 valence electrons. The molecule has 1 N–H and O–H groups in total. The lowest BCUT2D eigenvalue weighted by Crippen LogP contribution is -2.42. The van der Waals surface area contributed by atoms with Crippen molar-refractivity contribution in [1.29, 1.82) is 0 Å². The van der Waals surface area contributed by atoms with E-state index in [2.05, 4.69) is 17.0 Å². The molecule has 0 aromatic heterocycles.